The van der Waals surface area contributed by atoms with Crippen molar-refractivity contribution in [2.75, 3.05) is 106 Å². The number of ether oxygens (including phenoxy) is 8. The first-order chi connectivity index (χ1) is 44.0. The Morgan fingerprint density at radius 3 is 0.899 bits per heavy atom. The van der Waals surface area contributed by atoms with E-state index in [-0.39, 0.29) is 0 Å². The number of fused-ring (bicyclic) bond motifs is 1. The van der Waals surface area contributed by atoms with Crippen LogP contribution in [0.4, 0.5) is 0 Å². The molecule has 9 aromatic heterocycles. The van der Waals surface area contributed by atoms with Gasteiger partial charge in [0.25, 0.3) is 0 Å². The molecule has 0 aliphatic rings. The molecule has 10 rings (SSSR count). The number of hydrogen-bond donors (Lipinski definition) is 0. The van der Waals surface area contributed by atoms with Crippen LogP contribution in [-0.4, -0.2) is 114 Å². The van der Waals surface area contributed by atoms with E-state index >= 15 is 0 Å². The topological polar surface area (TPSA) is 99.6 Å². The molecular formula is C70H84N2O8S9. The van der Waals surface area contributed by atoms with Gasteiger partial charge in [0, 0.05) is 106 Å². The molecule has 9 heterocycles. The fraction of sp³-hybridized carbons (Fsp3) is 0.457. The minimum Gasteiger partial charge on any atom is -0.379 e. The van der Waals surface area contributed by atoms with Gasteiger partial charge in [-0.05, 0) is 157 Å². The summed E-state index contributed by atoms with van der Waals surface area (Å²) in [4.78, 5) is 17.8. The molecule has 1 aromatic carbocycles. The zero-order chi connectivity index (χ0) is 61.2. The van der Waals surface area contributed by atoms with Gasteiger partial charge in [-0.25, -0.2) is 0 Å². The minimum atomic E-state index is 0.584. The van der Waals surface area contributed by atoms with Crippen molar-refractivity contribution in [3.8, 4) is 79.4 Å². The van der Waals surface area contributed by atoms with Crippen LogP contribution in [0.15, 0.2) is 95.7 Å². The van der Waals surface area contributed by atoms with Crippen LogP contribution in [0.1, 0.15) is 101 Å². The second-order valence-corrected chi connectivity index (χ2v) is 30.4. The van der Waals surface area contributed by atoms with Crippen molar-refractivity contribution in [2.24, 2.45) is 0 Å². The third-order valence-electron chi connectivity index (χ3n) is 15.0. The van der Waals surface area contributed by atoms with E-state index in [1.54, 1.807) is 0 Å². The lowest BCUT2D eigenvalue weighted by Gasteiger charge is -2.06. The van der Waals surface area contributed by atoms with Gasteiger partial charge >= 0.3 is 0 Å². The molecular weight excluding hydrogens is 1290 g/mol. The van der Waals surface area contributed by atoms with Crippen molar-refractivity contribution < 1.29 is 37.9 Å². The SMILES string of the molecule is CCCCOCCOCCc1ccsc1-c1ccc(-c2ccc(-c3sc(-c4ccc(-c5cc(CCOCCOCCCC)c(-c6ccc(-c7ccc(-c8sccc8CCOCCOCCCC)s7)s6)s5)c5nsnc45)cc3CCOCCOCCCC)s2)s1. The normalized spacial score (nSPS) is 11.9. The van der Waals surface area contributed by atoms with E-state index in [4.69, 9.17) is 46.6 Å². The average Bonchev–Trinajstić information content (AvgIpc) is 2.88. The van der Waals surface area contributed by atoms with Crippen LogP contribution in [-0.2, 0) is 63.6 Å². The summed E-state index contributed by atoms with van der Waals surface area (Å²) in [6.45, 7) is 19.5. The van der Waals surface area contributed by atoms with Crippen LogP contribution < -0.4 is 0 Å². The second-order valence-electron chi connectivity index (χ2n) is 21.6. The monoisotopic (exact) mass is 1370 g/mol. The van der Waals surface area contributed by atoms with Gasteiger partial charge in [-0.1, -0.05) is 65.5 Å². The molecule has 0 radical (unpaired) electrons. The van der Waals surface area contributed by atoms with Crippen LogP contribution >= 0.6 is 102 Å². The Balaban J connectivity index is 0.875. The van der Waals surface area contributed by atoms with E-state index in [2.05, 4.69) is 123 Å². The number of thiophene rings is 8. The quantitative estimate of drug-likeness (QED) is 0.0343. The van der Waals surface area contributed by atoms with Gasteiger partial charge in [0.1, 0.15) is 11.0 Å². The maximum absolute atomic E-state index is 6.22. The largest absolute Gasteiger partial charge is 0.379 e. The van der Waals surface area contributed by atoms with Gasteiger partial charge in [0.2, 0.25) is 0 Å². The van der Waals surface area contributed by atoms with Gasteiger partial charge in [-0.2, -0.15) is 8.75 Å². The Labute approximate surface area is 563 Å². The van der Waals surface area contributed by atoms with E-state index < -0.39 is 0 Å². The first kappa shape index (κ1) is 68.2. The molecule has 10 nitrogen and oxygen atoms in total. The van der Waals surface area contributed by atoms with E-state index in [0.29, 0.717) is 79.3 Å². The van der Waals surface area contributed by atoms with Gasteiger partial charge in [-0.3, -0.25) is 0 Å². The molecule has 0 spiro atoms. The average molecular weight is 1370 g/mol. The summed E-state index contributed by atoms with van der Waals surface area (Å²) in [6.07, 6.45) is 12.2. The summed E-state index contributed by atoms with van der Waals surface area (Å²) in [7, 11) is 0. The summed E-state index contributed by atoms with van der Waals surface area (Å²) in [6, 6.07) is 32.2. The predicted octanol–water partition coefficient (Wildman–Crippen LogP) is 21.0. The molecule has 476 valence electrons. The van der Waals surface area contributed by atoms with Crippen molar-refractivity contribution in [1.82, 2.24) is 8.75 Å². The van der Waals surface area contributed by atoms with Gasteiger partial charge in [0.05, 0.1) is 91.0 Å². The maximum atomic E-state index is 6.22. The minimum absolute atomic E-state index is 0.584. The summed E-state index contributed by atoms with van der Waals surface area (Å²) >= 11 is 16.1. The Morgan fingerprint density at radius 1 is 0.281 bits per heavy atom. The number of rotatable bonds is 44. The maximum Gasteiger partial charge on any atom is 0.114 e. The molecule has 0 saturated carbocycles. The summed E-state index contributed by atoms with van der Waals surface area (Å²) in [5.41, 5.74) is 9.32. The van der Waals surface area contributed by atoms with Crippen molar-refractivity contribution >= 4 is 113 Å². The number of unbranched alkanes of at least 4 members (excludes halogenated alkanes) is 4. The predicted molar refractivity (Wildman–Crippen MR) is 385 cm³/mol. The van der Waals surface area contributed by atoms with Gasteiger partial charge in [0.15, 0.2) is 0 Å². The van der Waals surface area contributed by atoms with Crippen LogP contribution in [0.5, 0.6) is 0 Å². The smallest absolute Gasteiger partial charge is 0.114 e. The van der Waals surface area contributed by atoms with Gasteiger partial charge < -0.3 is 37.9 Å². The molecule has 0 saturated heterocycles. The van der Waals surface area contributed by atoms with Crippen molar-refractivity contribution in [3.05, 3.63) is 118 Å². The van der Waals surface area contributed by atoms with Crippen LogP contribution in [0.25, 0.3) is 90.4 Å². The fourth-order valence-electron chi connectivity index (χ4n) is 10.0. The van der Waals surface area contributed by atoms with E-state index in [0.717, 1.165) is 126 Å². The molecule has 0 fully saturated rings. The first-order valence-electron chi connectivity index (χ1n) is 31.7. The Morgan fingerprint density at radius 2 is 0.573 bits per heavy atom. The number of benzene rings is 1. The van der Waals surface area contributed by atoms with E-state index in [1.165, 1.54) is 102 Å². The molecule has 0 N–H and O–H groups in total. The standard InChI is InChI=1S/C70H84N2O8S9/c1-5-9-29-73-37-41-77-33-23-49-27-45-81-67(49)59-19-15-55(83-59)57-17-21-61(85-57)69-51(25-35-79-43-39-75-31-11-7-3)47-63(87-69)53-13-14-54(66-65(53)71-89-72-66)64-48-52(26-36-80-44-40-76-32-12-8-4)70(88-64)62-22-18-58(86-62)56-16-20-60(84-56)68-50(28-46-82-68)24-34-78-42-38-74-30-10-6-2/h13-22,27-28,45-48H,5-12,23-26,29-44H2,1-4H3. The van der Waals surface area contributed by atoms with Crippen molar-refractivity contribution in [3.63, 3.8) is 0 Å². The number of aromatic nitrogens is 2. The van der Waals surface area contributed by atoms with Crippen molar-refractivity contribution in [1.29, 1.82) is 0 Å². The van der Waals surface area contributed by atoms with Crippen LogP contribution in [0.3, 0.4) is 0 Å². The molecule has 0 aliphatic heterocycles. The second kappa shape index (κ2) is 37.3. The summed E-state index contributed by atoms with van der Waals surface area (Å²) < 4.78 is 57.6. The van der Waals surface area contributed by atoms with Crippen molar-refractivity contribution in [2.45, 2.75) is 105 Å². The molecule has 0 unspecified atom stereocenters. The van der Waals surface area contributed by atoms with Crippen LogP contribution in [0, 0.1) is 0 Å². The molecule has 89 heavy (non-hydrogen) atoms. The highest BCUT2D eigenvalue weighted by Crippen LogP contribution is 2.50. The third-order valence-corrected chi connectivity index (χ3v) is 25.3. The highest BCUT2D eigenvalue weighted by atomic mass is 32.1. The summed E-state index contributed by atoms with van der Waals surface area (Å²) in [5.74, 6) is 0. The molecule has 0 atom stereocenters. The van der Waals surface area contributed by atoms with Crippen LogP contribution in [0.2, 0.25) is 0 Å². The highest BCUT2D eigenvalue weighted by molar-refractivity contribution is 7.30. The lowest BCUT2D eigenvalue weighted by Crippen LogP contribution is -2.07. The fourth-order valence-corrected chi connectivity index (χ4v) is 19.8. The lowest BCUT2D eigenvalue weighted by molar-refractivity contribution is 0.0479. The third kappa shape index (κ3) is 19.5. The van der Waals surface area contributed by atoms with Gasteiger partial charge in [-0.15, -0.1) is 90.7 Å². The number of nitrogens with zero attached hydrogens (tertiary/aromatic N) is 2. The Hall–Kier alpha value is -3.68. The lowest BCUT2D eigenvalue weighted by atomic mass is 10.0. The highest BCUT2D eigenvalue weighted by Gasteiger charge is 2.23. The molecule has 0 amide bonds. The molecule has 10 aromatic rings. The Kier molecular flexibility index (Phi) is 28.6. The zero-order valence-electron chi connectivity index (χ0n) is 51.9. The molecule has 19 heteroatoms. The zero-order valence-corrected chi connectivity index (χ0v) is 59.2. The Bertz CT molecular complexity index is 3400. The van der Waals surface area contributed by atoms with E-state index in [1.807, 2.05) is 90.7 Å². The molecule has 0 aliphatic carbocycles. The number of hydrogen-bond acceptors (Lipinski definition) is 19. The van der Waals surface area contributed by atoms with E-state index in [9.17, 15) is 0 Å². The summed E-state index contributed by atoms with van der Waals surface area (Å²) in [5, 5.41) is 4.41. The first-order valence-corrected chi connectivity index (χ1v) is 39.1. The molecule has 0 bridgehead atoms.